The normalized spacial score (nSPS) is 15.6. The summed E-state index contributed by atoms with van der Waals surface area (Å²) in [5, 5.41) is 9.79. The van der Waals surface area contributed by atoms with E-state index >= 15 is 0 Å². The van der Waals surface area contributed by atoms with Crippen LogP contribution in [0.1, 0.15) is 57.1 Å². The fourth-order valence-corrected chi connectivity index (χ4v) is 3.40. The van der Waals surface area contributed by atoms with Gasteiger partial charge in [-0.15, -0.1) is 0 Å². The van der Waals surface area contributed by atoms with Gasteiger partial charge in [0, 0.05) is 0 Å². The molecule has 1 heteroatoms. The molecule has 0 bridgehead atoms. The van der Waals surface area contributed by atoms with Crippen LogP contribution in [-0.4, -0.2) is 5.11 Å². The van der Waals surface area contributed by atoms with Gasteiger partial charge in [-0.25, -0.2) is 0 Å². The zero-order chi connectivity index (χ0) is 17.1. The third kappa shape index (κ3) is 3.31. The molecule has 1 unspecified atom stereocenters. The maximum Gasteiger partial charge on any atom is 0.116 e. The maximum absolute atomic E-state index is 9.79. The molecule has 0 amide bonds. The summed E-state index contributed by atoms with van der Waals surface area (Å²) in [5.74, 6) is 0.849. The summed E-state index contributed by atoms with van der Waals surface area (Å²) in [7, 11) is 0. The molecular formula is C23H26O. The van der Waals surface area contributed by atoms with Crippen molar-refractivity contribution in [3.63, 3.8) is 0 Å². The summed E-state index contributed by atoms with van der Waals surface area (Å²) >= 11 is 0. The summed E-state index contributed by atoms with van der Waals surface area (Å²) in [4.78, 5) is 0. The van der Waals surface area contributed by atoms with E-state index in [1.165, 1.54) is 22.3 Å². The highest BCUT2D eigenvalue weighted by molar-refractivity contribution is 5.82. The van der Waals surface area contributed by atoms with Crippen LogP contribution in [-0.2, 0) is 0 Å². The Morgan fingerprint density at radius 1 is 1.08 bits per heavy atom. The summed E-state index contributed by atoms with van der Waals surface area (Å²) in [6.45, 7) is 6.80. The van der Waals surface area contributed by atoms with Crippen molar-refractivity contribution in [3.05, 3.63) is 71.3 Å². The number of hydrogen-bond acceptors (Lipinski definition) is 1. The van der Waals surface area contributed by atoms with Crippen LogP contribution < -0.4 is 0 Å². The molecule has 124 valence electrons. The second-order valence-corrected chi connectivity index (χ2v) is 6.80. The fourth-order valence-electron chi connectivity index (χ4n) is 3.40. The standard InChI is InChI=1S/C23H26O/c1-4-16(2)22-13-12-19(18-9-7-10-20(24)14-18)15-23(22)21-11-6-5-8-17(21)3/h6-7,9-16,24H,4-5,8H2,1-3H3. The SMILES string of the molecule is CCC(C)c1ccc(-c2cccc(O)c2)cc1C1=C(C)CCC=C1. The molecule has 0 spiro atoms. The first-order valence-corrected chi connectivity index (χ1v) is 8.90. The highest BCUT2D eigenvalue weighted by Crippen LogP contribution is 2.36. The molecule has 0 radical (unpaired) electrons. The lowest BCUT2D eigenvalue weighted by Crippen LogP contribution is -2.01. The van der Waals surface area contributed by atoms with Gasteiger partial charge in [0.05, 0.1) is 0 Å². The van der Waals surface area contributed by atoms with Crippen LogP contribution in [0, 0.1) is 0 Å². The highest BCUT2D eigenvalue weighted by Gasteiger charge is 2.16. The molecule has 0 saturated carbocycles. The van der Waals surface area contributed by atoms with E-state index in [1.54, 1.807) is 6.07 Å². The first-order chi connectivity index (χ1) is 11.6. The number of allylic oxidation sites excluding steroid dienone is 4. The number of rotatable bonds is 4. The summed E-state index contributed by atoms with van der Waals surface area (Å²) in [6, 6.07) is 14.3. The predicted octanol–water partition coefficient (Wildman–Crippen LogP) is 6.70. The Morgan fingerprint density at radius 3 is 2.58 bits per heavy atom. The minimum absolute atomic E-state index is 0.313. The van der Waals surface area contributed by atoms with Crippen molar-refractivity contribution in [1.29, 1.82) is 0 Å². The van der Waals surface area contributed by atoms with Crippen molar-refractivity contribution < 1.29 is 5.11 Å². The third-order valence-electron chi connectivity index (χ3n) is 5.10. The maximum atomic E-state index is 9.79. The van der Waals surface area contributed by atoms with Crippen molar-refractivity contribution >= 4 is 5.57 Å². The predicted molar refractivity (Wildman–Crippen MR) is 103 cm³/mol. The zero-order valence-electron chi connectivity index (χ0n) is 14.8. The molecule has 0 fully saturated rings. The number of phenols is 1. The van der Waals surface area contributed by atoms with E-state index in [4.69, 9.17) is 0 Å². The van der Waals surface area contributed by atoms with E-state index in [9.17, 15) is 5.11 Å². The largest absolute Gasteiger partial charge is 0.508 e. The van der Waals surface area contributed by atoms with E-state index in [0.717, 1.165) is 30.4 Å². The molecule has 2 aromatic carbocycles. The van der Waals surface area contributed by atoms with Gasteiger partial charge in [0.2, 0.25) is 0 Å². The molecule has 1 N–H and O–H groups in total. The monoisotopic (exact) mass is 318 g/mol. The van der Waals surface area contributed by atoms with Crippen LogP contribution in [0.3, 0.4) is 0 Å². The van der Waals surface area contributed by atoms with Crippen LogP contribution in [0.4, 0.5) is 0 Å². The van der Waals surface area contributed by atoms with E-state index in [0.29, 0.717) is 11.7 Å². The molecule has 0 aromatic heterocycles. The molecule has 0 aliphatic heterocycles. The Hall–Kier alpha value is -2.28. The van der Waals surface area contributed by atoms with Crippen LogP contribution in [0.25, 0.3) is 16.7 Å². The van der Waals surface area contributed by atoms with Crippen LogP contribution in [0.15, 0.2) is 60.2 Å². The summed E-state index contributed by atoms with van der Waals surface area (Å²) in [6.07, 6.45) is 7.98. The van der Waals surface area contributed by atoms with Crippen molar-refractivity contribution in [1.82, 2.24) is 0 Å². The molecule has 1 atom stereocenters. The average Bonchev–Trinajstić information content (AvgIpc) is 2.61. The molecule has 2 aromatic rings. The van der Waals surface area contributed by atoms with Crippen molar-refractivity contribution in [2.45, 2.75) is 46.0 Å². The minimum Gasteiger partial charge on any atom is -0.508 e. The molecule has 3 rings (SSSR count). The second-order valence-electron chi connectivity index (χ2n) is 6.80. The molecule has 1 aliphatic carbocycles. The average molecular weight is 318 g/mol. The van der Waals surface area contributed by atoms with E-state index in [2.05, 4.69) is 57.2 Å². The Balaban J connectivity index is 2.16. The van der Waals surface area contributed by atoms with Crippen molar-refractivity contribution in [3.8, 4) is 16.9 Å². The van der Waals surface area contributed by atoms with Crippen LogP contribution >= 0.6 is 0 Å². The molecule has 0 heterocycles. The van der Waals surface area contributed by atoms with Gasteiger partial charge in [-0.3, -0.25) is 0 Å². The van der Waals surface area contributed by atoms with Gasteiger partial charge in [-0.1, -0.05) is 55.8 Å². The van der Waals surface area contributed by atoms with Gasteiger partial charge < -0.3 is 5.11 Å². The summed E-state index contributed by atoms with van der Waals surface area (Å²) in [5.41, 5.74) is 7.83. The molecule has 24 heavy (non-hydrogen) atoms. The van der Waals surface area contributed by atoms with Crippen molar-refractivity contribution in [2.24, 2.45) is 0 Å². The lowest BCUT2D eigenvalue weighted by molar-refractivity contribution is 0.475. The zero-order valence-corrected chi connectivity index (χ0v) is 14.8. The van der Waals surface area contributed by atoms with E-state index < -0.39 is 0 Å². The smallest absolute Gasteiger partial charge is 0.116 e. The molecular weight excluding hydrogens is 292 g/mol. The van der Waals surface area contributed by atoms with Gasteiger partial charge in [-0.05, 0) is 78.1 Å². The Bertz CT molecular complexity index is 795. The van der Waals surface area contributed by atoms with Gasteiger partial charge >= 0.3 is 0 Å². The number of phenolic OH excluding ortho intramolecular Hbond substituents is 1. The van der Waals surface area contributed by atoms with Crippen LogP contribution in [0.5, 0.6) is 5.75 Å². The summed E-state index contributed by atoms with van der Waals surface area (Å²) < 4.78 is 0. The Kier molecular flexibility index (Phi) is 4.89. The second kappa shape index (κ2) is 7.09. The molecule has 1 aliphatic rings. The minimum atomic E-state index is 0.313. The number of hydrogen-bond donors (Lipinski definition) is 1. The Morgan fingerprint density at radius 2 is 1.88 bits per heavy atom. The third-order valence-corrected chi connectivity index (χ3v) is 5.10. The number of benzene rings is 2. The fraction of sp³-hybridized carbons (Fsp3) is 0.304. The molecule has 1 nitrogen and oxygen atoms in total. The first-order valence-electron chi connectivity index (χ1n) is 8.90. The Labute approximate surface area is 145 Å². The quantitative estimate of drug-likeness (QED) is 0.665. The van der Waals surface area contributed by atoms with E-state index in [1.807, 2.05) is 12.1 Å². The van der Waals surface area contributed by atoms with Crippen LogP contribution in [0.2, 0.25) is 0 Å². The number of aromatic hydroxyl groups is 1. The topological polar surface area (TPSA) is 20.2 Å². The van der Waals surface area contributed by atoms with Gasteiger partial charge in [0.25, 0.3) is 0 Å². The molecule has 0 saturated heterocycles. The van der Waals surface area contributed by atoms with Gasteiger partial charge in [-0.2, -0.15) is 0 Å². The van der Waals surface area contributed by atoms with Crippen molar-refractivity contribution in [2.75, 3.05) is 0 Å². The highest BCUT2D eigenvalue weighted by atomic mass is 16.3. The van der Waals surface area contributed by atoms with E-state index in [-0.39, 0.29) is 0 Å². The first kappa shape index (κ1) is 16.6. The lowest BCUT2D eigenvalue weighted by atomic mass is 9.84. The van der Waals surface area contributed by atoms with Gasteiger partial charge in [0.1, 0.15) is 5.75 Å². The lowest BCUT2D eigenvalue weighted by Gasteiger charge is -2.21. The van der Waals surface area contributed by atoms with Gasteiger partial charge in [0.15, 0.2) is 0 Å².